The van der Waals surface area contributed by atoms with Crippen molar-refractivity contribution in [2.75, 3.05) is 12.8 Å². The molecule has 0 saturated carbocycles. The molecule has 5 nitrogen and oxygen atoms in total. The molecule has 126 valence electrons. The molecule has 0 aromatic heterocycles. The van der Waals surface area contributed by atoms with Gasteiger partial charge in [0, 0.05) is 18.4 Å². The zero-order chi connectivity index (χ0) is 16.4. The molecule has 1 amide bonds. The van der Waals surface area contributed by atoms with Gasteiger partial charge >= 0.3 is 0 Å². The van der Waals surface area contributed by atoms with Gasteiger partial charge in [0.15, 0.2) is 9.84 Å². The van der Waals surface area contributed by atoms with Crippen molar-refractivity contribution in [2.24, 2.45) is 11.7 Å². The summed E-state index contributed by atoms with van der Waals surface area (Å²) in [5.74, 6) is -0.149. The molecule has 0 heterocycles. The van der Waals surface area contributed by atoms with Crippen LogP contribution in [0.15, 0.2) is 23.1 Å². The van der Waals surface area contributed by atoms with Gasteiger partial charge in [-0.05, 0) is 37.5 Å². The Morgan fingerprint density at radius 3 is 2.32 bits per heavy atom. The highest BCUT2D eigenvalue weighted by Gasteiger charge is 2.29. The molecule has 1 aromatic carbocycles. The predicted molar refractivity (Wildman–Crippen MR) is 91.3 cm³/mol. The lowest BCUT2D eigenvalue weighted by molar-refractivity contribution is 0.0882. The average molecular weight is 349 g/mol. The third-order valence-electron chi connectivity index (χ3n) is 3.98. The van der Waals surface area contributed by atoms with E-state index in [9.17, 15) is 13.2 Å². The maximum absolute atomic E-state index is 12.5. The molecule has 0 spiro atoms. The van der Waals surface area contributed by atoms with Crippen LogP contribution in [-0.2, 0) is 9.84 Å². The zero-order valence-electron chi connectivity index (χ0n) is 13.6. The molecule has 3 N–H and O–H groups in total. The van der Waals surface area contributed by atoms with Gasteiger partial charge in [-0.3, -0.25) is 4.79 Å². The molecule has 0 saturated heterocycles. The Balaban J connectivity index is 0.00000441. The monoisotopic (exact) mass is 348 g/mol. The molecule has 0 bridgehead atoms. The van der Waals surface area contributed by atoms with Crippen molar-refractivity contribution >= 4 is 28.2 Å². The van der Waals surface area contributed by atoms with Gasteiger partial charge in [0.05, 0.1) is 10.4 Å². The molecule has 0 radical (unpaired) electrons. The van der Waals surface area contributed by atoms with E-state index in [1.807, 2.05) is 20.8 Å². The van der Waals surface area contributed by atoms with Crippen LogP contribution in [0.5, 0.6) is 0 Å². The van der Waals surface area contributed by atoms with Gasteiger partial charge in [0.2, 0.25) is 0 Å². The van der Waals surface area contributed by atoms with E-state index in [1.165, 1.54) is 12.1 Å². The van der Waals surface area contributed by atoms with E-state index in [-0.39, 0.29) is 29.1 Å². The SMILES string of the molecule is Cc1ccc(S(C)(=O)=O)cc1C(=O)NC(C)(CN)C(C)C.Cl. The molecule has 0 aliphatic rings. The first-order valence-corrected chi connectivity index (χ1v) is 8.73. The fraction of sp³-hybridized carbons (Fsp3) is 0.533. The molecule has 7 heteroatoms. The molecular formula is C15H25ClN2O3S. The fourth-order valence-electron chi connectivity index (χ4n) is 1.83. The molecule has 22 heavy (non-hydrogen) atoms. The third-order valence-corrected chi connectivity index (χ3v) is 5.09. The minimum atomic E-state index is -3.35. The summed E-state index contributed by atoms with van der Waals surface area (Å²) in [6.45, 7) is 7.92. The van der Waals surface area contributed by atoms with Gasteiger partial charge in [0.1, 0.15) is 0 Å². The summed E-state index contributed by atoms with van der Waals surface area (Å²) in [6, 6.07) is 4.56. The maximum atomic E-state index is 12.5. The number of nitrogens with two attached hydrogens (primary N) is 1. The summed E-state index contributed by atoms with van der Waals surface area (Å²) < 4.78 is 23.2. The first-order valence-electron chi connectivity index (χ1n) is 6.84. The second-order valence-electron chi connectivity index (χ2n) is 5.98. The second kappa shape index (κ2) is 7.44. The standard InChI is InChI=1S/C15H24N2O3S.ClH/c1-10(2)15(4,9-16)17-14(18)13-8-12(21(5,19)20)7-6-11(13)3;/h6-8,10H,9,16H2,1-5H3,(H,17,18);1H. The van der Waals surface area contributed by atoms with E-state index < -0.39 is 15.4 Å². The predicted octanol–water partition coefficient (Wildman–Crippen LogP) is 1.92. The van der Waals surface area contributed by atoms with Gasteiger partial charge < -0.3 is 11.1 Å². The largest absolute Gasteiger partial charge is 0.345 e. The number of aryl methyl sites for hydroxylation is 1. The van der Waals surface area contributed by atoms with Crippen molar-refractivity contribution < 1.29 is 13.2 Å². The molecule has 0 aliphatic carbocycles. The summed E-state index contributed by atoms with van der Waals surface area (Å²) in [5.41, 5.74) is 6.31. The quantitative estimate of drug-likeness (QED) is 0.850. The van der Waals surface area contributed by atoms with Crippen LogP contribution in [0, 0.1) is 12.8 Å². The summed E-state index contributed by atoms with van der Waals surface area (Å²) in [4.78, 5) is 12.6. The Bertz CT molecular complexity index is 644. The highest BCUT2D eigenvalue weighted by molar-refractivity contribution is 7.90. The third kappa shape index (κ3) is 4.69. The zero-order valence-corrected chi connectivity index (χ0v) is 15.3. The number of rotatable bonds is 5. The number of benzene rings is 1. The van der Waals surface area contributed by atoms with Crippen molar-refractivity contribution in [1.29, 1.82) is 0 Å². The lowest BCUT2D eigenvalue weighted by Gasteiger charge is -2.33. The Kier molecular flexibility index (Phi) is 7.06. The minimum Gasteiger partial charge on any atom is -0.345 e. The highest BCUT2D eigenvalue weighted by atomic mass is 35.5. The van der Waals surface area contributed by atoms with Crippen LogP contribution in [0.1, 0.15) is 36.7 Å². The Hall–Kier alpha value is -1.11. The van der Waals surface area contributed by atoms with Crippen LogP contribution in [-0.4, -0.2) is 32.7 Å². The summed E-state index contributed by atoms with van der Waals surface area (Å²) >= 11 is 0. The molecule has 1 atom stereocenters. The molecule has 1 rings (SSSR count). The van der Waals surface area contributed by atoms with E-state index in [1.54, 1.807) is 13.0 Å². The number of hydrogen-bond acceptors (Lipinski definition) is 4. The Morgan fingerprint density at radius 1 is 1.36 bits per heavy atom. The van der Waals surface area contributed by atoms with Crippen molar-refractivity contribution in [2.45, 2.75) is 38.1 Å². The summed E-state index contributed by atoms with van der Waals surface area (Å²) in [5, 5.41) is 2.92. The second-order valence-corrected chi connectivity index (χ2v) is 8.00. The molecule has 1 unspecified atom stereocenters. The molecule has 0 fully saturated rings. The Morgan fingerprint density at radius 2 is 1.91 bits per heavy atom. The average Bonchev–Trinajstić information content (AvgIpc) is 2.37. The number of amides is 1. The van der Waals surface area contributed by atoms with Crippen molar-refractivity contribution in [3.8, 4) is 0 Å². The lowest BCUT2D eigenvalue weighted by atomic mass is 9.88. The Labute approximate surface area is 139 Å². The van der Waals surface area contributed by atoms with Crippen molar-refractivity contribution in [1.82, 2.24) is 5.32 Å². The smallest absolute Gasteiger partial charge is 0.252 e. The van der Waals surface area contributed by atoms with Crippen LogP contribution >= 0.6 is 12.4 Å². The molecule has 1 aromatic rings. The van der Waals surface area contributed by atoms with E-state index in [4.69, 9.17) is 5.73 Å². The maximum Gasteiger partial charge on any atom is 0.252 e. The van der Waals surface area contributed by atoms with Gasteiger partial charge in [-0.25, -0.2) is 8.42 Å². The first-order chi connectivity index (χ1) is 9.51. The van der Waals surface area contributed by atoms with Crippen LogP contribution < -0.4 is 11.1 Å². The van der Waals surface area contributed by atoms with Gasteiger partial charge in [0.25, 0.3) is 5.91 Å². The van der Waals surface area contributed by atoms with E-state index in [0.29, 0.717) is 12.1 Å². The topological polar surface area (TPSA) is 89.3 Å². The molecule has 0 aliphatic heterocycles. The van der Waals surface area contributed by atoms with Crippen molar-refractivity contribution in [3.63, 3.8) is 0 Å². The van der Waals surface area contributed by atoms with Crippen molar-refractivity contribution in [3.05, 3.63) is 29.3 Å². The van der Waals surface area contributed by atoms with Crippen LogP contribution in [0.3, 0.4) is 0 Å². The van der Waals surface area contributed by atoms with E-state index >= 15 is 0 Å². The number of carbonyl (C=O) groups is 1. The van der Waals surface area contributed by atoms with Crippen LogP contribution in [0.25, 0.3) is 0 Å². The summed E-state index contributed by atoms with van der Waals surface area (Å²) in [6.07, 6.45) is 1.12. The van der Waals surface area contributed by atoms with Crippen LogP contribution in [0.4, 0.5) is 0 Å². The normalized spacial score (nSPS) is 14.1. The number of sulfone groups is 1. The van der Waals surface area contributed by atoms with Gasteiger partial charge in [-0.1, -0.05) is 19.9 Å². The first kappa shape index (κ1) is 20.9. The number of nitrogens with one attached hydrogen (secondary N) is 1. The fourth-order valence-corrected chi connectivity index (χ4v) is 2.48. The highest BCUT2D eigenvalue weighted by Crippen LogP contribution is 2.19. The van der Waals surface area contributed by atoms with E-state index in [0.717, 1.165) is 11.8 Å². The van der Waals surface area contributed by atoms with Crippen LogP contribution in [0.2, 0.25) is 0 Å². The number of halogens is 1. The van der Waals surface area contributed by atoms with E-state index in [2.05, 4.69) is 5.32 Å². The van der Waals surface area contributed by atoms with Gasteiger partial charge in [-0.2, -0.15) is 0 Å². The summed E-state index contributed by atoms with van der Waals surface area (Å²) in [7, 11) is -3.35. The minimum absolute atomic E-state index is 0. The number of carbonyl (C=O) groups excluding carboxylic acids is 1. The molecular weight excluding hydrogens is 324 g/mol. The van der Waals surface area contributed by atoms with Gasteiger partial charge in [-0.15, -0.1) is 12.4 Å². The number of hydrogen-bond donors (Lipinski definition) is 2. The lowest BCUT2D eigenvalue weighted by Crippen LogP contribution is -2.55.